The zero-order valence-electron chi connectivity index (χ0n) is 11.9. The van der Waals surface area contributed by atoms with Gasteiger partial charge in [-0.15, -0.1) is 0 Å². The normalized spacial score (nSPS) is 23.5. The van der Waals surface area contributed by atoms with E-state index < -0.39 is 0 Å². The predicted molar refractivity (Wildman–Crippen MR) is 75.3 cm³/mol. The maximum absolute atomic E-state index is 12.1. The van der Waals surface area contributed by atoms with E-state index in [2.05, 4.69) is 11.4 Å². The Hall–Kier alpha value is -1.04. The van der Waals surface area contributed by atoms with Crippen LogP contribution in [0.4, 0.5) is 0 Å². The van der Waals surface area contributed by atoms with E-state index in [1.807, 2.05) is 0 Å². The highest BCUT2D eigenvalue weighted by Crippen LogP contribution is 2.28. The molecule has 1 atom stereocenters. The van der Waals surface area contributed by atoms with Gasteiger partial charge < -0.3 is 5.32 Å². The van der Waals surface area contributed by atoms with Gasteiger partial charge in [0.1, 0.15) is 6.04 Å². The number of hydrogen-bond acceptors (Lipinski definition) is 2. The maximum Gasteiger partial charge on any atom is 0.221 e. The topological polar surface area (TPSA) is 52.9 Å². The van der Waals surface area contributed by atoms with Crippen LogP contribution in [0.3, 0.4) is 0 Å². The van der Waals surface area contributed by atoms with Gasteiger partial charge in [-0.3, -0.25) is 4.79 Å². The van der Waals surface area contributed by atoms with Crippen molar-refractivity contribution in [1.82, 2.24) is 5.32 Å². The highest BCUT2D eigenvalue weighted by molar-refractivity contribution is 5.76. The van der Waals surface area contributed by atoms with Gasteiger partial charge in [0.05, 0.1) is 6.07 Å². The number of carbonyl (C=O) groups is 1. The molecule has 2 fully saturated rings. The van der Waals surface area contributed by atoms with Crippen molar-refractivity contribution in [3.8, 4) is 6.07 Å². The number of nitrogens with zero attached hydrogens (tertiary/aromatic N) is 1. The van der Waals surface area contributed by atoms with Crippen LogP contribution in [-0.4, -0.2) is 11.9 Å². The first kappa shape index (κ1) is 14.4. The van der Waals surface area contributed by atoms with Gasteiger partial charge in [-0.1, -0.05) is 38.5 Å². The Bertz CT molecular complexity index is 322. The van der Waals surface area contributed by atoms with Crippen molar-refractivity contribution in [3.05, 3.63) is 0 Å². The summed E-state index contributed by atoms with van der Waals surface area (Å²) in [6, 6.07) is 2.05. The van der Waals surface area contributed by atoms with Crippen LogP contribution in [0.2, 0.25) is 0 Å². The summed E-state index contributed by atoms with van der Waals surface area (Å²) in [5.74, 6) is 1.04. The summed E-state index contributed by atoms with van der Waals surface area (Å²) in [4.78, 5) is 12.1. The van der Waals surface area contributed by atoms with Gasteiger partial charge in [-0.05, 0) is 37.5 Å². The van der Waals surface area contributed by atoms with Gasteiger partial charge in [0.25, 0.3) is 0 Å². The largest absolute Gasteiger partial charge is 0.340 e. The molecule has 1 amide bonds. The lowest BCUT2D eigenvalue weighted by atomic mass is 9.83. The minimum atomic E-state index is -0.253. The zero-order chi connectivity index (χ0) is 13.5. The molecule has 19 heavy (non-hydrogen) atoms. The van der Waals surface area contributed by atoms with Crippen LogP contribution >= 0.6 is 0 Å². The number of carbonyl (C=O) groups excluding carboxylic acids is 1. The van der Waals surface area contributed by atoms with E-state index in [0.29, 0.717) is 18.3 Å². The molecule has 2 aliphatic rings. The first-order valence-electron chi connectivity index (χ1n) is 7.98. The van der Waals surface area contributed by atoms with Crippen LogP contribution in [0.1, 0.15) is 70.6 Å². The molecule has 0 heterocycles. The monoisotopic (exact) mass is 262 g/mol. The van der Waals surface area contributed by atoms with E-state index in [1.165, 1.54) is 51.4 Å². The third-order valence-corrected chi connectivity index (χ3v) is 4.78. The van der Waals surface area contributed by atoms with E-state index in [9.17, 15) is 10.1 Å². The number of amides is 1. The lowest BCUT2D eigenvalue weighted by Crippen LogP contribution is -2.40. The highest BCUT2D eigenvalue weighted by atomic mass is 16.1. The average Bonchev–Trinajstić information content (AvgIpc) is 2.47. The molecule has 2 saturated carbocycles. The number of nitriles is 1. The van der Waals surface area contributed by atoms with E-state index >= 15 is 0 Å². The fourth-order valence-corrected chi connectivity index (χ4v) is 3.61. The molecule has 0 aliphatic heterocycles. The van der Waals surface area contributed by atoms with E-state index in [0.717, 1.165) is 12.8 Å². The lowest BCUT2D eigenvalue weighted by molar-refractivity contribution is -0.123. The highest BCUT2D eigenvalue weighted by Gasteiger charge is 2.26. The molecule has 0 spiro atoms. The summed E-state index contributed by atoms with van der Waals surface area (Å²) in [7, 11) is 0. The van der Waals surface area contributed by atoms with Gasteiger partial charge in [0, 0.05) is 6.42 Å². The Morgan fingerprint density at radius 1 is 1.05 bits per heavy atom. The molecule has 1 N–H and O–H groups in total. The number of rotatable bonds is 4. The molecule has 0 aromatic carbocycles. The van der Waals surface area contributed by atoms with Crippen LogP contribution in [0.25, 0.3) is 0 Å². The minimum absolute atomic E-state index is 0.101. The van der Waals surface area contributed by atoms with Crippen LogP contribution in [-0.2, 0) is 4.79 Å². The third kappa shape index (κ3) is 4.53. The summed E-state index contributed by atoms with van der Waals surface area (Å²) in [6.07, 6.45) is 12.8. The molecule has 0 bridgehead atoms. The molecule has 0 aromatic rings. The van der Waals surface area contributed by atoms with Crippen LogP contribution in [0, 0.1) is 23.2 Å². The molecule has 0 aromatic heterocycles. The maximum atomic E-state index is 12.1. The average molecular weight is 262 g/mol. The Morgan fingerprint density at radius 3 is 2.21 bits per heavy atom. The summed E-state index contributed by atoms with van der Waals surface area (Å²) >= 11 is 0. The molecule has 3 heteroatoms. The second-order valence-corrected chi connectivity index (χ2v) is 6.28. The molecule has 0 saturated heterocycles. The smallest absolute Gasteiger partial charge is 0.221 e. The second kappa shape index (κ2) is 7.53. The van der Waals surface area contributed by atoms with Crippen molar-refractivity contribution in [2.75, 3.05) is 0 Å². The standard InChI is InChI=1S/C16H26N2O/c17-12-15(14-9-5-2-6-10-14)18-16(19)11-13-7-3-1-4-8-13/h13-15H,1-11H2,(H,18,19). The molecular weight excluding hydrogens is 236 g/mol. The SMILES string of the molecule is N#CC(NC(=O)CC1CCCCC1)C1CCCCC1. The van der Waals surface area contributed by atoms with Crippen molar-refractivity contribution >= 4 is 5.91 Å². The molecular formula is C16H26N2O. The Balaban J connectivity index is 1.77. The van der Waals surface area contributed by atoms with Gasteiger partial charge >= 0.3 is 0 Å². The fraction of sp³-hybridized carbons (Fsp3) is 0.875. The lowest BCUT2D eigenvalue weighted by Gasteiger charge is -2.27. The fourth-order valence-electron chi connectivity index (χ4n) is 3.61. The molecule has 106 valence electrons. The van der Waals surface area contributed by atoms with Crippen molar-refractivity contribution in [2.45, 2.75) is 76.7 Å². The summed E-state index contributed by atoms with van der Waals surface area (Å²) in [5, 5.41) is 12.3. The van der Waals surface area contributed by atoms with Gasteiger partial charge in [0.15, 0.2) is 0 Å². The van der Waals surface area contributed by atoms with Crippen molar-refractivity contribution in [2.24, 2.45) is 11.8 Å². The van der Waals surface area contributed by atoms with Crippen LogP contribution in [0.5, 0.6) is 0 Å². The summed E-state index contributed by atoms with van der Waals surface area (Å²) in [6.45, 7) is 0. The van der Waals surface area contributed by atoms with Crippen molar-refractivity contribution in [1.29, 1.82) is 5.26 Å². The molecule has 0 radical (unpaired) electrons. The predicted octanol–water partition coefficient (Wildman–Crippen LogP) is 3.55. The van der Waals surface area contributed by atoms with Crippen molar-refractivity contribution < 1.29 is 4.79 Å². The minimum Gasteiger partial charge on any atom is -0.340 e. The summed E-state index contributed by atoms with van der Waals surface area (Å²) < 4.78 is 0. The van der Waals surface area contributed by atoms with Gasteiger partial charge in [0.2, 0.25) is 5.91 Å². The first-order chi connectivity index (χ1) is 9.29. The Kier molecular flexibility index (Phi) is 5.69. The van der Waals surface area contributed by atoms with Gasteiger partial charge in [-0.2, -0.15) is 5.26 Å². The number of hydrogen-bond donors (Lipinski definition) is 1. The molecule has 2 rings (SSSR count). The van der Waals surface area contributed by atoms with Crippen LogP contribution in [0.15, 0.2) is 0 Å². The zero-order valence-corrected chi connectivity index (χ0v) is 11.9. The Morgan fingerprint density at radius 2 is 1.63 bits per heavy atom. The second-order valence-electron chi connectivity index (χ2n) is 6.28. The quantitative estimate of drug-likeness (QED) is 0.842. The first-order valence-corrected chi connectivity index (χ1v) is 7.98. The summed E-state index contributed by atoms with van der Waals surface area (Å²) in [5.41, 5.74) is 0. The van der Waals surface area contributed by atoms with E-state index in [4.69, 9.17) is 0 Å². The van der Waals surface area contributed by atoms with E-state index in [1.54, 1.807) is 0 Å². The van der Waals surface area contributed by atoms with Crippen molar-refractivity contribution in [3.63, 3.8) is 0 Å². The van der Waals surface area contributed by atoms with Gasteiger partial charge in [-0.25, -0.2) is 0 Å². The Labute approximate surface area is 116 Å². The molecule has 3 nitrogen and oxygen atoms in total. The number of nitrogens with one attached hydrogen (secondary N) is 1. The third-order valence-electron chi connectivity index (χ3n) is 4.78. The van der Waals surface area contributed by atoms with Crippen LogP contribution < -0.4 is 5.32 Å². The molecule has 1 unspecified atom stereocenters. The van der Waals surface area contributed by atoms with E-state index in [-0.39, 0.29) is 11.9 Å². The molecule has 2 aliphatic carbocycles.